The third-order valence-corrected chi connectivity index (χ3v) is 5.82. The van der Waals surface area contributed by atoms with Gasteiger partial charge in [0.25, 0.3) is 0 Å². The topological polar surface area (TPSA) is 145 Å². The van der Waals surface area contributed by atoms with E-state index in [1.807, 2.05) is 0 Å². The highest BCUT2D eigenvalue weighted by atomic mass is 19.2. The van der Waals surface area contributed by atoms with Crippen molar-refractivity contribution < 1.29 is 88.4 Å². The molecule has 1 aromatic carbocycles. The van der Waals surface area contributed by atoms with Gasteiger partial charge in [-0.1, -0.05) is 6.58 Å². The Balaban J connectivity index is 1.74. The average molecular weight is 751 g/mol. The minimum Gasteiger partial charge on any atom is -0.460 e. The van der Waals surface area contributed by atoms with Crippen LogP contribution in [-0.4, -0.2) is 151 Å². The molecule has 0 amide bonds. The van der Waals surface area contributed by atoms with Crippen LogP contribution in [0.2, 0.25) is 0 Å². The Morgan fingerprint density at radius 1 is 0.412 bits per heavy atom. The summed E-state index contributed by atoms with van der Waals surface area (Å²) in [5, 5.41) is 0. The predicted octanol–water partition coefficient (Wildman–Crippen LogP) is 2.57. The van der Waals surface area contributed by atoms with E-state index in [1.54, 1.807) is 0 Å². The molecule has 0 radical (unpaired) electrons. The molecule has 0 saturated carbocycles. The number of benzene rings is 1. The molecule has 0 saturated heterocycles. The van der Waals surface area contributed by atoms with E-state index < -0.39 is 53.2 Å². The Hall–Kier alpha value is -2.85. The normalized spacial score (nSPS) is 11.2. The first-order valence-corrected chi connectivity index (χ1v) is 16.1. The first-order valence-electron chi connectivity index (χ1n) is 16.1. The largest absolute Gasteiger partial charge is 0.460 e. The number of hydrogen-bond acceptors (Lipinski definition) is 14. The van der Waals surface area contributed by atoms with Gasteiger partial charge in [0.15, 0.2) is 0 Å². The molecule has 0 fully saturated rings. The molecule has 0 heterocycles. The van der Waals surface area contributed by atoms with Gasteiger partial charge in [-0.15, -0.1) is 0 Å². The van der Waals surface area contributed by atoms with Crippen LogP contribution in [0.4, 0.5) is 22.0 Å². The highest BCUT2D eigenvalue weighted by molar-refractivity contribution is 5.81. The summed E-state index contributed by atoms with van der Waals surface area (Å²) in [6.45, 7) is 10.1. The Labute approximate surface area is 293 Å². The van der Waals surface area contributed by atoms with Crippen LogP contribution in [0.3, 0.4) is 0 Å². The highest BCUT2D eigenvalue weighted by Gasteiger charge is 2.28. The second-order valence-corrected chi connectivity index (χ2v) is 9.62. The number of rotatable bonds is 35. The number of hydrogen-bond donors (Lipinski definition) is 0. The van der Waals surface area contributed by atoms with E-state index in [0.717, 1.165) is 6.08 Å². The van der Waals surface area contributed by atoms with Gasteiger partial charge in [0.05, 0.1) is 139 Å². The molecular weight excluding hydrogens is 703 g/mol. The van der Waals surface area contributed by atoms with E-state index in [-0.39, 0.29) is 33.0 Å². The summed E-state index contributed by atoms with van der Waals surface area (Å²) in [4.78, 5) is 22.5. The standard InChI is InChI=1S/C32H47F5O14/c1-2-25(38)50-24-23-49-22-21-48-20-19-47-18-17-46-16-15-45-14-13-44-12-11-43-10-9-42-8-7-41-6-5-40-4-3-26(39)51-32-30(36)28(34)27(33)29(35)31(32)37/h2H,1,3-24H2. The Morgan fingerprint density at radius 2 is 0.667 bits per heavy atom. The minimum absolute atomic E-state index is 0.0746. The summed E-state index contributed by atoms with van der Waals surface area (Å²) in [6.07, 6.45) is 0.602. The number of esters is 2. The van der Waals surface area contributed by atoms with Crippen LogP contribution in [0.5, 0.6) is 5.75 Å². The second-order valence-electron chi connectivity index (χ2n) is 9.62. The molecule has 19 heteroatoms. The van der Waals surface area contributed by atoms with Gasteiger partial charge in [-0.2, -0.15) is 8.78 Å². The minimum atomic E-state index is -2.35. The summed E-state index contributed by atoms with van der Waals surface area (Å²) in [5.74, 6) is -14.6. The van der Waals surface area contributed by atoms with Crippen molar-refractivity contribution in [3.8, 4) is 5.75 Å². The number of carbonyl (C=O) groups excluding carboxylic acids is 2. The SMILES string of the molecule is C=CC(=O)OCCOCCOCCOCCOCCOCCOCCOCCOCCOCCOCCC(=O)Oc1c(F)c(F)c(F)c(F)c1F. The molecule has 1 aromatic rings. The molecule has 0 aliphatic carbocycles. The van der Waals surface area contributed by atoms with Crippen molar-refractivity contribution in [1.82, 2.24) is 0 Å². The molecule has 0 bridgehead atoms. The summed E-state index contributed by atoms with van der Waals surface area (Å²) in [6, 6.07) is 0. The maximum Gasteiger partial charge on any atom is 0.330 e. The lowest BCUT2D eigenvalue weighted by Gasteiger charge is -2.09. The fourth-order valence-electron chi connectivity index (χ4n) is 3.34. The van der Waals surface area contributed by atoms with Crippen molar-refractivity contribution in [3.63, 3.8) is 0 Å². The monoisotopic (exact) mass is 750 g/mol. The van der Waals surface area contributed by atoms with Gasteiger partial charge >= 0.3 is 11.9 Å². The number of halogens is 5. The molecule has 0 atom stereocenters. The van der Waals surface area contributed by atoms with E-state index >= 15 is 0 Å². The predicted molar refractivity (Wildman–Crippen MR) is 166 cm³/mol. The lowest BCUT2D eigenvalue weighted by atomic mass is 10.2. The second kappa shape index (κ2) is 31.9. The van der Waals surface area contributed by atoms with E-state index in [2.05, 4.69) is 11.3 Å². The van der Waals surface area contributed by atoms with Crippen molar-refractivity contribution in [2.45, 2.75) is 6.42 Å². The molecule has 0 aliphatic heterocycles. The quantitative estimate of drug-likeness (QED) is 0.0191. The Kier molecular flexibility index (Phi) is 28.8. The number of carbonyl (C=O) groups is 2. The highest BCUT2D eigenvalue weighted by Crippen LogP contribution is 2.29. The van der Waals surface area contributed by atoms with Crippen LogP contribution in [0.25, 0.3) is 0 Å². The zero-order valence-corrected chi connectivity index (χ0v) is 28.4. The van der Waals surface area contributed by atoms with Crippen LogP contribution in [0.15, 0.2) is 12.7 Å². The van der Waals surface area contributed by atoms with Crippen LogP contribution in [0.1, 0.15) is 6.42 Å². The fraction of sp³-hybridized carbons (Fsp3) is 0.688. The smallest absolute Gasteiger partial charge is 0.330 e. The van der Waals surface area contributed by atoms with Gasteiger partial charge in [0, 0.05) is 6.08 Å². The lowest BCUT2D eigenvalue weighted by Crippen LogP contribution is -2.16. The molecule has 0 spiro atoms. The van der Waals surface area contributed by atoms with E-state index in [1.165, 1.54) is 0 Å². The first kappa shape index (κ1) is 46.2. The van der Waals surface area contributed by atoms with Gasteiger partial charge in [-0.05, 0) is 0 Å². The van der Waals surface area contributed by atoms with E-state index in [9.17, 15) is 31.5 Å². The van der Waals surface area contributed by atoms with Crippen molar-refractivity contribution >= 4 is 11.9 Å². The molecule has 0 N–H and O–H groups in total. The maximum absolute atomic E-state index is 13.5. The van der Waals surface area contributed by atoms with Crippen LogP contribution in [-0.2, 0) is 61.7 Å². The van der Waals surface area contributed by atoms with Crippen LogP contribution >= 0.6 is 0 Å². The van der Waals surface area contributed by atoms with Crippen molar-refractivity contribution in [3.05, 3.63) is 41.7 Å². The molecule has 14 nitrogen and oxygen atoms in total. The van der Waals surface area contributed by atoms with Crippen molar-refractivity contribution in [1.29, 1.82) is 0 Å². The summed E-state index contributed by atoms with van der Waals surface area (Å²) >= 11 is 0. The third kappa shape index (κ3) is 24.1. The molecule has 0 aliphatic rings. The van der Waals surface area contributed by atoms with Crippen LogP contribution in [0, 0.1) is 29.1 Å². The van der Waals surface area contributed by atoms with Gasteiger partial charge in [0.1, 0.15) is 6.61 Å². The van der Waals surface area contributed by atoms with Gasteiger partial charge < -0.3 is 56.8 Å². The molecule has 51 heavy (non-hydrogen) atoms. The summed E-state index contributed by atoms with van der Waals surface area (Å²) < 4.78 is 129. The average Bonchev–Trinajstić information content (AvgIpc) is 3.13. The molecular formula is C32H47F5O14. The Bertz CT molecular complexity index is 1060. The van der Waals surface area contributed by atoms with E-state index in [0.29, 0.717) is 106 Å². The molecule has 1 rings (SSSR count). The molecule has 294 valence electrons. The lowest BCUT2D eigenvalue weighted by molar-refractivity contribution is -0.139. The van der Waals surface area contributed by atoms with Crippen LogP contribution < -0.4 is 4.74 Å². The van der Waals surface area contributed by atoms with E-state index in [4.69, 9.17) is 52.1 Å². The summed E-state index contributed by atoms with van der Waals surface area (Å²) in [7, 11) is 0. The molecule has 0 aromatic heterocycles. The van der Waals surface area contributed by atoms with Gasteiger partial charge in [-0.3, -0.25) is 4.79 Å². The summed E-state index contributed by atoms with van der Waals surface area (Å²) in [5.41, 5.74) is 0. The molecule has 0 unspecified atom stereocenters. The Morgan fingerprint density at radius 3 is 0.961 bits per heavy atom. The third-order valence-electron chi connectivity index (χ3n) is 5.82. The van der Waals surface area contributed by atoms with Crippen molar-refractivity contribution in [2.24, 2.45) is 0 Å². The van der Waals surface area contributed by atoms with Gasteiger partial charge in [0.2, 0.25) is 34.8 Å². The maximum atomic E-state index is 13.5. The first-order chi connectivity index (χ1) is 24.8. The van der Waals surface area contributed by atoms with Crippen molar-refractivity contribution in [2.75, 3.05) is 139 Å². The zero-order valence-electron chi connectivity index (χ0n) is 28.4. The van der Waals surface area contributed by atoms with Gasteiger partial charge in [-0.25, -0.2) is 18.0 Å². The fourth-order valence-corrected chi connectivity index (χ4v) is 3.34. The zero-order chi connectivity index (χ0) is 37.4. The number of ether oxygens (including phenoxy) is 12.